The van der Waals surface area contributed by atoms with E-state index in [0.717, 1.165) is 4.47 Å². The molecule has 1 aliphatic heterocycles. The van der Waals surface area contributed by atoms with E-state index in [2.05, 4.69) is 37.2 Å². The van der Waals surface area contributed by atoms with E-state index in [1.807, 2.05) is 0 Å². The van der Waals surface area contributed by atoms with Crippen LogP contribution in [0.5, 0.6) is 0 Å². The molecule has 0 radical (unpaired) electrons. The minimum absolute atomic E-state index is 0.127. The number of benzene rings is 2. The monoisotopic (exact) mass is 467 g/mol. The first-order chi connectivity index (χ1) is 11.7. The van der Waals surface area contributed by atoms with Gasteiger partial charge in [-0.3, -0.25) is 24.5 Å². The van der Waals surface area contributed by atoms with Crippen molar-refractivity contribution in [3.63, 3.8) is 0 Å². The number of nitrogens with one attached hydrogen (secondary N) is 1. The topological polar surface area (TPSA) is 132 Å². The Morgan fingerprint density at radius 2 is 1.28 bits per heavy atom. The second-order valence-electron chi connectivity index (χ2n) is 4.89. The molecule has 0 fully saturated rings. The highest BCUT2D eigenvalue weighted by molar-refractivity contribution is 9.10. The number of imide groups is 1. The number of hydrogen-bond acceptors (Lipinski definition) is 4. The standard InChI is InChI=1S/C8H7BrN2O2.C8H4BrNO2/c9-4-1-2-5(7(10)12)6(3-4)8(11)13;9-4-1-2-5-6(3-4)8(12)10-7(5)11/h1-3H,(H2,10,12)(H2,11,13);1-3H,(H,10,11,12). The van der Waals surface area contributed by atoms with Crippen molar-refractivity contribution in [3.8, 4) is 0 Å². The van der Waals surface area contributed by atoms with Crippen LogP contribution in [0.4, 0.5) is 0 Å². The van der Waals surface area contributed by atoms with Crippen LogP contribution in [0.1, 0.15) is 41.4 Å². The van der Waals surface area contributed by atoms with Crippen LogP contribution in [0.3, 0.4) is 0 Å². The molecule has 0 saturated carbocycles. The van der Waals surface area contributed by atoms with E-state index in [9.17, 15) is 19.2 Å². The maximum atomic E-state index is 11.1. The van der Waals surface area contributed by atoms with E-state index < -0.39 is 11.8 Å². The summed E-state index contributed by atoms with van der Waals surface area (Å²) < 4.78 is 1.47. The zero-order valence-electron chi connectivity index (χ0n) is 12.5. The van der Waals surface area contributed by atoms with Crippen molar-refractivity contribution in [1.29, 1.82) is 0 Å². The van der Waals surface area contributed by atoms with Gasteiger partial charge in [-0.15, -0.1) is 0 Å². The lowest BCUT2D eigenvalue weighted by molar-refractivity contribution is 0.0878. The highest BCUT2D eigenvalue weighted by atomic mass is 79.9. The molecule has 128 valence electrons. The smallest absolute Gasteiger partial charge is 0.258 e. The molecule has 0 aliphatic carbocycles. The maximum absolute atomic E-state index is 11.1. The molecular formula is C16H11Br2N3O4. The molecule has 25 heavy (non-hydrogen) atoms. The Hall–Kier alpha value is -2.52. The lowest BCUT2D eigenvalue weighted by Crippen LogP contribution is -2.20. The summed E-state index contributed by atoms with van der Waals surface area (Å²) in [5, 5.41) is 2.21. The van der Waals surface area contributed by atoms with Crippen molar-refractivity contribution >= 4 is 55.5 Å². The molecule has 4 amide bonds. The van der Waals surface area contributed by atoms with Crippen molar-refractivity contribution in [1.82, 2.24) is 5.32 Å². The lowest BCUT2D eigenvalue weighted by atomic mass is 10.1. The molecular weight excluding hydrogens is 458 g/mol. The number of carbonyl (C=O) groups excluding carboxylic acids is 4. The van der Waals surface area contributed by atoms with E-state index in [-0.39, 0.29) is 22.9 Å². The predicted octanol–water partition coefficient (Wildman–Crippen LogP) is 1.98. The van der Waals surface area contributed by atoms with Crippen molar-refractivity contribution in [3.05, 3.63) is 67.6 Å². The van der Waals surface area contributed by atoms with Gasteiger partial charge in [-0.05, 0) is 36.4 Å². The van der Waals surface area contributed by atoms with Crippen molar-refractivity contribution in [2.45, 2.75) is 0 Å². The number of nitrogens with two attached hydrogens (primary N) is 2. The second kappa shape index (κ2) is 7.58. The van der Waals surface area contributed by atoms with Gasteiger partial charge in [-0.2, -0.15) is 0 Å². The van der Waals surface area contributed by atoms with Gasteiger partial charge in [0.15, 0.2) is 0 Å². The van der Waals surface area contributed by atoms with Gasteiger partial charge in [0.25, 0.3) is 11.8 Å². The Labute approximate surface area is 159 Å². The Bertz CT molecular complexity index is 912. The van der Waals surface area contributed by atoms with Crippen LogP contribution in [0.15, 0.2) is 45.3 Å². The number of fused-ring (bicyclic) bond motifs is 1. The predicted molar refractivity (Wildman–Crippen MR) is 97.1 cm³/mol. The van der Waals surface area contributed by atoms with Gasteiger partial charge in [-0.25, -0.2) is 0 Å². The third kappa shape index (κ3) is 4.31. The van der Waals surface area contributed by atoms with Gasteiger partial charge in [0.1, 0.15) is 0 Å². The fourth-order valence-electron chi connectivity index (χ4n) is 2.08. The third-order valence-electron chi connectivity index (χ3n) is 3.21. The first kappa shape index (κ1) is 18.8. The number of amides is 4. The fraction of sp³-hybridized carbons (Fsp3) is 0. The second-order valence-corrected chi connectivity index (χ2v) is 6.72. The van der Waals surface area contributed by atoms with E-state index in [1.165, 1.54) is 12.1 Å². The number of hydrogen-bond donors (Lipinski definition) is 3. The summed E-state index contributed by atoms with van der Waals surface area (Å²) in [5.74, 6) is -1.98. The lowest BCUT2D eigenvalue weighted by Gasteiger charge is -2.02. The summed E-state index contributed by atoms with van der Waals surface area (Å²) in [6.45, 7) is 0. The zero-order chi connectivity index (χ0) is 18.7. The van der Waals surface area contributed by atoms with Gasteiger partial charge in [0, 0.05) is 8.95 Å². The average molecular weight is 469 g/mol. The molecule has 0 saturated heterocycles. The average Bonchev–Trinajstić information content (AvgIpc) is 2.81. The summed E-state index contributed by atoms with van der Waals surface area (Å²) in [4.78, 5) is 43.8. The molecule has 0 unspecified atom stereocenters. The first-order valence-corrected chi connectivity index (χ1v) is 8.33. The summed E-state index contributed by atoms with van der Waals surface area (Å²) in [6.07, 6.45) is 0. The van der Waals surface area contributed by atoms with E-state index >= 15 is 0 Å². The summed E-state index contributed by atoms with van der Waals surface area (Å²) in [7, 11) is 0. The highest BCUT2D eigenvalue weighted by Crippen LogP contribution is 2.20. The van der Waals surface area contributed by atoms with Gasteiger partial charge in [0.05, 0.1) is 22.3 Å². The Kier molecular flexibility index (Phi) is 5.70. The molecule has 7 nitrogen and oxygen atoms in total. The number of halogens is 2. The minimum Gasteiger partial charge on any atom is -0.366 e. The SMILES string of the molecule is NC(=O)c1ccc(Br)cc1C(N)=O.O=C1NC(=O)c2cc(Br)ccc21. The number of rotatable bonds is 2. The highest BCUT2D eigenvalue weighted by Gasteiger charge is 2.26. The fourth-order valence-corrected chi connectivity index (χ4v) is 2.80. The van der Waals surface area contributed by atoms with Gasteiger partial charge in [0.2, 0.25) is 11.8 Å². The normalized spacial score (nSPS) is 11.9. The van der Waals surface area contributed by atoms with Crippen LogP contribution in [0, 0.1) is 0 Å². The van der Waals surface area contributed by atoms with Crippen LogP contribution < -0.4 is 16.8 Å². The Morgan fingerprint density at radius 3 is 1.88 bits per heavy atom. The summed E-state index contributed by atoms with van der Waals surface area (Å²) >= 11 is 6.37. The van der Waals surface area contributed by atoms with Gasteiger partial charge in [-0.1, -0.05) is 31.9 Å². The summed E-state index contributed by atoms with van der Waals surface area (Å²) in [6, 6.07) is 9.52. The van der Waals surface area contributed by atoms with Crippen molar-refractivity contribution in [2.24, 2.45) is 11.5 Å². The Balaban J connectivity index is 0.000000181. The molecule has 0 spiro atoms. The minimum atomic E-state index is -0.671. The molecule has 0 atom stereocenters. The van der Waals surface area contributed by atoms with Crippen LogP contribution >= 0.6 is 31.9 Å². The van der Waals surface area contributed by atoms with Crippen LogP contribution in [-0.2, 0) is 0 Å². The molecule has 0 bridgehead atoms. The third-order valence-corrected chi connectivity index (χ3v) is 4.20. The van der Waals surface area contributed by atoms with Crippen LogP contribution in [0.25, 0.3) is 0 Å². The largest absolute Gasteiger partial charge is 0.366 e. The first-order valence-electron chi connectivity index (χ1n) is 6.75. The van der Waals surface area contributed by atoms with Crippen LogP contribution in [-0.4, -0.2) is 23.6 Å². The van der Waals surface area contributed by atoms with Crippen molar-refractivity contribution in [2.75, 3.05) is 0 Å². The molecule has 1 aliphatic rings. The maximum Gasteiger partial charge on any atom is 0.258 e. The number of carbonyl (C=O) groups is 4. The molecule has 0 aromatic heterocycles. The molecule has 2 aromatic rings. The van der Waals surface area contributed by atoms with Gasteiger partial charge >= 0.3 is 0 Å². The molecule has 2 aromatic carbocycles. The molecule has 1 heterocycles. The number of primary amides is 2. The van der Waals surface area contributed by atoms with Gasteiger partial charge < -0.3 is 11.5 Å². The zero-order valence-corrected chi connectivity index (χ0v) is 15.7. The van der Waals surface area contributed by atoms with Crippen LogP contribution in [0.2, 0.25) is 0 Å². The molecule has 9 heteroatoms. The summed E-state index contributed by atoms with van der Waals surface area (Å²) in [5.41, 5.74) is 11.2. The Morgan fingerprint density at radius 1 is 0.760 bits per heavy atom. The van der Waals surface area contributed by atoms with E-state index in [1.54, 1.807) is 24.3 Å². The molecule has 5 N–H and O–H groups in total. The van der Waals surface area contributed by atoms with Crippen molar-refractivity contribution < 1.29 is 19.2 Å². The quantitative estimate of drug-likeness (QED) is 0.581. The van der Waals surface area contributed by atoms with E-state index in [4.69, 9.17) is 11.5 Å². The molecule has 3 rings (SSSR count). The van der Waals surface area contributed by atoms with E-state index in [0.29, 0.717) is 15.6 Å².